The van der Waals surface area contributed by atoms with Gasteiger partial charge >= 0.3 is 0 Å². The zero-order valence-electron chi connectivity index (χ0n) is 4.70. The lowest BCUT2D eigenvalue weighted by Crippen LogP contribution is -1.70. The first kappa shape index (κ1) is 3.71. The molecule has 2 aliphatic rings. The van der Waals surface area contributed by atoms with Crippen LogP contribution in [0.15, 0.2) is 11.1 Å². The molecule has 1 atom stereocenters. The van der Waals surface area contributed by atoms with E-state index in [1.54, 1.807) is 11.1 Å². The van der Waals surface area contributed by atoms with Crippen molar-refractivity contribution in [3.05, 3.63) is 11.1 Å². The van der Waals surface area contributed by atoms with Crippen LogP contribution >= 0.6 is 0 Å². The summed E-state index contributed by atoms with van der Waals surface area (Å²) in [5.74, 6) is 1.01. The van der Waals surface area contributed by atoms with Crippen LogP contribution in [0.4, 0.5) is 0 Å². The maximum Gasteiger partial charge on any atom is 0.000996 e. The smallest absolute Gasteiger partial charge is 0.000996 e. The standard InChI is InChI=1S/C7H10/c1-5-6-3-2-4-7(5)6/h6H,2-4H2,1H3/t6-/m0/s1. The van der Waals surface area contributed by atoms with Crippen molar-refractivity contribution in [3.8, 4) is 0 Å². The molecular formula is C7H10. The lowest BCUT2D eigenvalue weighted by molar-refractivity contribution is 0.782. The average molecular weight is 94.2 g/mol. The van der Waals surface area contributed by atoms with E-state index in [4.69, 9.17) is 0 Å². The minimum atomic E-state index is 1.01. The Morgan fingerprint density at radius 2 is 2.43 bits per heavy atom. The van der Waals surface area contributed by atoms with Crippen LogP contribution in [-0.2, 0) is 0 Å². The van der Waals surface area contributed by atoms with Crippen molar-refractivity contribution in [1.82, 2.24) is 0 Å². The van der Waals surface area contributed by atoms with Gasteiger partial charge in [0.05, 0.1) is 0 Å². The molecule has 0 heterocycles. The topological polar surface area (TPSA) is 0 Å². The molecule has 0 heteroatoms. The molecule has 2 aliphatic carbocycles. The molecule has 0 aromatic carbocycles. The van der Waals surface area contributed by atoms with Crippen LogP contribution in [0.25, 0.3) is 0 Å². The van der Waals surface area contributed by atoms with Gasteiger partial charge in [0, 0.05) is 5.92 Å². The molecule has 2 rings (SSSR count). The van der Waals surface area contributed by atoms with E-state index in [1.165, 1.54) is 19.3 Å². The Bertz CT molecular complexity index is 131. The van der Waals surface area contributed by atoms with E-state index in [0.717, 1.165) is 5.92 Å². The summed E-state index contributed by atoms with van der Waals surface area (Å²) < 4.78 is 0. The predicted molar refractivity (Wildman–Crippen MR) is 30.0 cm³/mol. The van der Waals surface area contributed by atoms with Gasteiger partial charge in [0.2, 0.25) is 0 Å². The van der Waals surface area contributed by atoms with Gasteiger partial charge in [-0.3, -0.25) is 0 Å². The van der Waals surface area contributed by atoms with Gasteiger partial charge in [-0.1, -0.05) is 11.1 Å². The lowest BCUT2D eigenvalue weighted by atomic mass is 10.2. The zero-order valence-corrected chi connectivity index (χ0v) is 4.70. The minimum absolute atomic E-state index is 1.01. The largest absolute Gasteiger partial charge is 0.0663 e. The molecule has 0 aromatic heterocycles. The third-order valence-corrected chi connectivity index (χ3v) is 2.31. The van der Waals surface area contributed by atoms with Crippen molar-refractivity contribution in [2.45, 2.75) is 26.2 Å². The zero-order chi connectivity index (χ0) is 4.85. The number of rotatable bonds is 0. The highest BCUT2D eigenvalue weighted by molar-refractivity contribution is 5.41. The second kappa shape index (κ2) is 0.936. The van der Waals surface area contributed by atoms with Crippen LogP contribution in [0.2, 0.25) is 0 Å². The quantitative estimate of drug-likeness (QED) is 0.403. The summed E-state index contributed by atoms with van der Waals surface area (Å²) in [6.45, 7) is 2.28. The number of allylic oxidation sites excluding steroid dienone is 2. The van der Waals surface area contributed by atoms with E-state index in [2.05, 4.69) is 6.92 Å². The van der Waals surface area contributed by atoms with Crippen molar-refractivity contribution in [2.75, 3.05) is 0 Å². The van der Waals surface area contributed by atoms with Crippen LogP contribution in [0, 0.1) is 5.92 Å². The SMILES string of the molecule is CC1=C2CCC[C@@H]12. The molecular weight excluding hydrogens is 84.1 g/mol. The highest BCUT2D eigenvalue weighted by Gasteiger charge is 2.35. The summed E-state index contributed by atoms with van der Waals surface area (Å²) in [5.41, 5.74) is 3.51. The lowest BCUT2D eigenvalue weighted by Gasteiger charge is -1.84. The Kier molecular flexibility index (Phi) is 0.495. The van der Waals surface area contributed by atoms with Gasteiger partial charge in [-0.2, -0.15) is 0 Å². The molecule has 0 aromatic rings. The summed E-state index contributed by atoms with van der Waals surface area (Å²) >= 11 is 0. The second-order valence-electron chi connectivity index (χ2n) is 2.65. The second-order valence-corrected chi connectivity index (χ2v) is 2.65. The number of fused-ring (bicyclic) bond motifs is 1. The first-order valence-corrected chi connectivity index (χ1v) is 3.09. The monoisotopic (exact) mass is 94.1 g/mol. The molecule has 0 saturated heterocycles. The summed E-state index contributed by atoms with van der Waals surface area (Å²) in [6, 6.07) is 0. The van der Waals surface area contributed by atoms with Gasteiger partial charge in [-0.05, 0) is 26.2 Å². The highest BCUT2D eigenvalue weighted by Crippen LogP contribution is 2.50. The Labute approximate surface area is 44.2 Å². The van der Waals surface area contributed by atoms with Crippen LogP contribution in [-0.4, -0.2) is 0 Å². The van der Waals surface area contributed by atoms with Gasteiger partial charge in [0.15, 0.2) is 0 Å². The molecule has 38 valence electrons. The molecule has 0 nitrogen and oxygen atoms in total. The van der Waals surface area contributed by atoms with E-state index >= 15 is 0 Å². The molecule has 0 spiro atoms. The molecule has 0 aliphatic heterocycles. The van der Waals surface area contributed by atoms with E-state index in [9.17, 15) is 0 Å². The molecule has 7 heavy (non-hydrogen) atoms. The van der Waals surface area contributed by atoms with Crippen molar-refractivity contribution in [2.24, 2.45) is 5.92 Å². The van der Waals surface area contributed by atoms with Gasteiger partial charge in [0.1, 0.15) is 0 Å². The van der Waals surface area contributed by atoms with Gasteiger partial charge in [0.25, 0.3) is 0 Å². The molecule has 1 fully saturated rings. The van der Waals surface area contributed by atoms with Crippen LogP contribution in [0.3, 0.4) is 0 Å². The van der Waals surface area contributed by atoms with Crippen molar-refractivity contribution >= 4 is 0 Å². The highest BCUT2D eigenvalue weighted by atomic mass is 14.4. The van der Waals surface area contributed by atoms with Crippen molar-refractivity contribution in [1.29, 1.82) is 0 Å². The summed E-state index contributed by atoms with van der Waals surface area (Å²) in [4.78, 5) is 0. The van der Waals surface area contributed by atoms with Crippen molar-refractivity contribution < 1.29 is 0 Å². The normalized spacial score (nSPS) is 36.4. The van der Waals surface area contributed by atoms with E-state index in [1.807, 2.05) is 0 Å². The van der Waals surface area contributed by atoms with Gasteiger partial charge < -0.3 is 0 Å². The molecule has 1 saturated carbocycles. The van der Waals surface area contributed by atoms with Gasteiger partial charge in [-0.25, -0.2) is 0 Å². The van der Waals surface area contributed by atoms with E-state index < -0.39 is 0 Å². The first-order valence-electron chi connectivity index (χ1n) is 3.09. The van der Waals surface area contributed by atoms with Crippen LogP contribution < -0.4 is 0 Å². The molecule has 0 N–H and O–H groups in total. The van der Waals surface area contributed by atoms with Crippen LogP contribution in [0.5, 0.6) is 0 Å². The third-order valence-electron chi connectivity index (χ3n) is 2.31. The summed E-state index contributed by atoms with van der Waals surface area (Å²) in [5, 5.41) is 0. The fraction of sp³-hybridized carbons (Fsp3) is 0.714. The average Bonchev–Trinajstić information content (AvgIpc) is 2.26. The predicted octanol–water partition coefficient (Wildman–Crippen LogP) is 2.12. The Morgan fingerprint density at radius 1 is 1.57 bits per heavy atom. The maximum atomic E-state index is 2.28. The minimum Gasteiger partial charge on any atom is -0.0663 e. The Morgan fingerprint density at radius 3 is 2.71 bits per heavy atom. The molecule has 0 radical (unpaired) electrons. The number of hydrogen-bond acceptors (Lipinski definition) is 0. The molecule has 0 unspecified atom stereocenters. The fourth-order valence-electron chi connectivity index (χ4n) is 1.72. The first-order chi connectivity index (χ1) is 3.39. The molecule has 0 amide bonds. The Hall–Kier alpha value is -0.260. The Balaban J connectivity index is 2.23. The summed E-state index contributed by atoms with van der Waals surface area (Å²) in [6.07, 6.45) is 4.37. The third kappa shape index (κ3) is 0.324. The van der Waals surface area contributed by atoms with Crippen molar-refractivity contribution in [3.63, 3.8) is 0 Å². The van der Waals surface area contributed by atoms with E-state index in [-0.39, 0.29) is 0 Å². The maximum absolute atomic E-state index is 2.28. The van der Waals surface area contributed by atoms with Gasteiger partial charge in [-0.15, -0.1) is 0 Å². The summed E-state index contributed by atoms with van der Waals surface area (Å²) in [7, 11) is 0. The number of hydrogen-bond donors (Lipinski definition) is 0. The fourth-order valence-corrected chi connectivity index (χ4v) is 1.72. The van der Waals surface area contributed by atoms with E-state index in [0.29, 0.717) is 0 Å². The molecule has 0 bridgehead atoms. The van der Waals surface area contributed by atoms with Crippen LogP contribution in [0.1, 0.15) is 26.2 Å².